The predicted molar refractivity (Wildman–Crippen MR) is 125 cm³/mol. The first-order valence-corrected chi connectivity index (χ1v) is 11.7. The molecule has 0 saturated carbocycles. The number of aryl methyl sites for hydroxylation is 3. The Labute approximate surface area is 188 Å². The van der Waals surface area contributed by atoms with E-state index in [9.17, 15) is 13.2 Å². The van der Waals surface area contributed by atoms with Crippen LogP contribution in [0, 0.1) is 20.8 Å². The summed E-state index contributed by atoms with van der Waals surface area (Å²) in [5, 5.41) is 3.45. The van der Waals surface area contributed by atoms with E-state index in [0.717, 1.165) is 22.3 Å². The molecule has 162 valence electrons. The molecule has 0 heterocycles. The molecule has 0 aliphatic heterocycles. The van der Waals surface area contributed by atoms with Gasteiger partial charge in [0.1, 0.15) is 0 Å². The third kappa shape index (κ3) is 5.73. The van der Waals surface area contributed by atoms with Crippen molar-refractivity contribution in [1.29, 1.82) is 0 Å². The van der Waals surface area contributed by atoms with Gasteiger partial charge in [0.15, 0.2) is 0 Å². The second kappa shape index (κ2) is 9.64. The highest BCUT2D eigenvalue weighted by molar-refractivity contribution is 7.89. The summed E-state index contributed by atoms with van der Waals surface area (Å²) in [6, 6.07) is 19.0. The standard InChI is InChI=1S/C24H25ClN2O3S/c1-17-13-18(2)24(19(3)14-17)26-23(28)16-27(15-20-9-11-21(25)12-10-20)31(29,30)22-7-5-4-6-8-22/h4-14H,15-16H2,1-3H3,(H,26,28). The summed E-state index contributed by atoms with van der Waals surface area (Å²) in [7, 11) is -3.88. The topological polar surface area (TPSA) is 66.5 Å². The number of carbonyl (C=O) groups is 1. The van der Waals surface area contributed by atoms with Crippen LogP contribution < -0.4 is 5.32 Å². The number of benzene rings is 3. The lowest BCUT2D eigenvalue weighted by Crippen LogP contribution is -2.37. The first-order chi connectivity index (χ1) is 14.7. The summed E-state index contributed by atoms with van der Waals surface area (Å²) in [6.07, 6.45) is 0. The second-order valence-corrected chi connectivity index (χ2v) is 9.91. The van der Waals surface area contributed by atoms with Crippen molar-refractivity contribution in [2.75, 3.05) is 11.9 Å². The van der Waals surface area contributed by atoms with Gasteiger partial charge in [-0.3, -0.25) is 4.79 Å². The molecule has 0 saturated heterocycles. The highest BCUT2D eigenvalue weighted by atomic mass is 35.5. The first-order valence-electron chi connectivity index (χ1n) is 9.84. The van der Waals surface area contributed by atoms with Crippen LogP contribution in [-0.2, 0) is 21.4 Å². The molecule has 3 aromatic carbocycles. The third-order valence-electron chi connectivity index (χ3n) is 4.91. The van der Waals surface area contributed by atoms with Gasteiger partial charge in [-0.25, -0.2) is 8.42 Å². The van der Waals surface area contributed by atoms with Gasteiger partial charge in [0.25, 0.3) is 0 Å². The van der Waals surface area contributed by atoms with E-state index < -0.39 is 15.9 Å². The van der Waals surface area contributed by atoms with Gasteiger partial charge in [-0.05, 0) is 61.7 Å². The molecule has 0 aliphatic rings. The summed E-state index contributed by atoms with van der Waals surface area (Å²) in [6.45, 7) is 5.57. The van der Waals surface area contributed by atoms with Crippen LogP contribution in [0.4, 0.5) is 5.69 Å². The number of anilines is 1. The summed E-state index contributed by atoms with van der Waals surface area (Å²) in [5.41, 5.74) is 4.41. The van der Waals surface area contributed by atoms with E-state index in [0.29, 0.717) is 10.7 Å². The number of hydrogen-bond donors (Lipinski definition) is 1. The lowest BCUT2D eigenvalue weighted by atomic mass is 10.1. The number of sulfonamides is 1. The van der Waals surface area contributed by atoms with Gasteiger partial charge in [0.2, 0.25) is 15.9 Å². The maximum absolute atomic E-state index is 13.3. The lowest BCUT2D eigenvalue weighted by Gasteiger charge is -2.23. The highest BCUT2D eigenvalue weighted by Crippen LogP contribution is 2.23. The third-order valence-corrected chi connectivity index (χ3v) is 6.97. The molecule has 3 rings (SSSR count). The zero-order valence-corrected chi connectivity index (χ0v) is 19.3. The molecule has 0 fully saturated rings. The van der Waals surface area contributed by atoms with E-state index in [2.05, 4.69) is 5.32 Å². The van der Waals surface area contributed by atoms with Crippen LogP contribution in [0.5, 0.6) is 0 Å². The number of carbonyl (C=O) groups excluding carboxylic acids is 1. The van der Waals surface area contributed by atoms with Crippen molar-refractivity contribution in [2.24, 2.45) is 0 Å². The van der Waals surface area contributed by atoms with Crippen molar-refractivity contribution in [3.63, 3.8) is 0 Å². The fourth-order valence-corrected chi connectivity index (χ4v) is 5.01. The minimum Gasteiger partial charge on any atom is -0.324 e. The van der Waals surface area contributed by atoms with Crippen molar-refractivity contribution in [2.45, 2.75) is 32.2 Å². The van der Waals surface area contributed by atoms with Crippen LogP contribution >= 0.6 is 11.6 Å². The first kappa shape index (κ1) is 23.0. The predicted octanol–water partition coefficient (Wildman–Crippen LogP) is 5.09. The summed E-state index contributed by atoms with van der Waals surface area (Å²) >= 11 is 5.95. The van der Waals surface area contributed by atoms with E-state index in [-0.39, 0.29) is 18.0 Å². The minimum absolute atomic E-state index is 0.0493. The zero-order chi connectivity index (χ0) is 22.6. The number of rotatable bonds is 7. The van der Waals surface area contributed by atoms with Crippen molar-refractivity contribution >= 4 is 33.2 Å². The molecule has 1 amide bonds. The van der Waals surface area contributed by atoms with Gasteiger partial charge in [-0.15, -0.1) is 0 Å². The maximum Gasteiger partial charge on any atom is 0.243 e. The van der Waals surface area contributed by atoms with E-state index in [1.54, 1.807) is 42.5 Å². The van der Waals surface area contributed by atoms with Crippen molar-refractivity contribution in [1.82, 2.24) is 4.31 Å². The van der Waals surface area contributed by atoms with E-state index in [4.69, 9.17) is 11.6 Å². The van der Waals surface area contributed by atoms with Crippen LogP contribution in [-0.4, -0.2) is 25.2 Å². The Bertz CT molecular complexity index is 1150. The van der Waals surface area contributed by atoms with Crippen molar-refractivity contribution < 1.29 is 13.2 Å². The summed E-state index contributed by atoms with van der Waals surface area (Å²) in [4.78, 5) is 13.0. The van der Waals surface area contributed by atoms with Crippen LogP contribution in [0.25, 0.3) is 0 Å². The highest BCUT2D eigenvalue weighted by Gasteiger charge is 2.27. The molecule has 1 N–H and O–H groups in total. The fourth-order valence-electron chi connectivity index (χ4n) is 3.48. The minimum atomic E-state index is -3.88. The lowest BCUT2D eigenvalue weighted by molar-refractivity contribution is -0.116. The van der Waals surface area contributed by atoms with Gasteiger partial charge in [-0.1, -0.05) is 59.6 Å². The van der Waals surface area contributed by atoms with Gasteiger partial charge in [0, 0.05) is 17.3 Å². The molecule has 0 bridgehead atoms. The zero-order valence-electron chi connectivity index (χ0n) is 17.7. The number of halogens is 1. The van der Waals surface area contributed by atoms with Gasteiger partial charge in [-0.2, -0.15) is 4.31 Å². The Balaban J connectivity index is 1.89. The molecular formula is C24H25ClN2O3S. The monoisotopic (exact) mass is 456 g/mol. The molecule has 0 aromatic heterocycles. The van der Waals surface area contributed by atoms with Crippen LogP contribution in [0.15, 0.2) is 71.6 Å². The Hall–Kier alpha value is -2.67. The van der Waals surface area contributed by atoms with Crippen LogP contribution in [0.3, 0.4) is 0 Å². The maximum atomic E-state index is 13.3. The van der Waals surface area contributed by atoms with Gasteiger partial charge < -0.3 is 5.32 Å². The molecular weight excluding hydrogens is 432 g/mol. The van der Waals surface area contributed by atoms with Crippen molar-refractivity contribution in [3.8, 4) is 0 Å². The average molecular weight is 457 g/mol. The molecule has 0 atom stereocenters. The number of nitrogens with zero attached hydrogens (tertiary/aromatic N) is 1. The molecule has 31 heavy (non-hydrogen) atoms. The Morgan fingerprint density at radius 1 is 0.935 bits per heavy atom. The summed E-state index contributed by atoms with van der Waals surface area (Å²) in [5.74, 6) is -0.400. The number of nitrogens with one attached hydrogen (secondary N) is 1. The quantitative estimate of drug-likeness (QED) is 0.538. The average Bonchev–Trinajstić information content (AvgIpc) is 2.72. The normalized spacial score (nSPS) is 11.5. The van der Waals surface area contributed by atoms with Gasteiger partial charge >= 0.3 is 0 Å². The molecule has 5 nitrogen and oxygen atoms in total. The Kier molecular flexibility index (Phi) is 7.15. The largest absolute Gasteiger partial charge is 0.324 e. The summed E-state index contributed by atoms with van der Waals surface area (Å²) < 4.78 is 27.8. The second-order valence-electron chi connectivity index (χ2n) is 7.53. The van der Waals surface area contributed by atoms with E-state index in [1.165, 1.54) is 16.4 Å². The van der Waals surface area contributed by atoms with E-state index >= 15 is 0 Å². The Morgan fingerprint density at radius 3 is 2.10 bits per heavy atom. The molecule has 0 aliphatic carbocycles. The SMILES string of the molecule is Cc1cc(C)c(NC(=O)CN(Cc2ccc(Cl)cc2)S(=O)(=O)c2ccccc2)c(C)c1. The molecule has 0 unspecified atom stereocenters. The van der Waals surface area contributed by atoms with Crippen molar-refractivity contribution in [3.05, 3.63) is 94.0 Å². The smallest absolute Gasteiger partial charge is 0.243 e. The van der Waals surface area contributed by atoms with Gasteiger partial charge in [0.05, 0.1) is 11.4 Å². The molecule has 0 radical (unpaired) electrons. The van der Waals surface area contributed by atoms with Crippen LogP contribution in [0.1, 0.15) is 22.3 Å². The number of amides is 1. The van der Waals surface area contributed by atoms with Crippen LogP contribution in [0.2, 0.25) is 5.02 Å². The Morgan fingerprint density at radius 2 is 1.52 bits per heavy atom. The molecule has 3 aromatic rings. The molecule has 7 heteroatoms. The van der Waals surface area contributed by atoms with E-state index in [1.807, 2.05) is 32.9 Å². The number of hydrogen-bond acceptors (Lipinski definition) is 3. The fraction of sp³-hybridized carbons (Fsp3) is 0.208. The molecule has 0 spiro atoms.